The standard InChI is InChI=1S/C15H14O4/c1-9-5-3-4-6-11(9)12-7-10(15(17)18)8-13(19-2)14(12)16/h3-8,16H,1-2H3,(H,17,18). The van der Waals surface area contributed by atoms with Gasteiger partial charge in [-0.2, -0.15) is 0 Å². The third-order valence-electron chi connectivity index (χ3n) is 2.98. The molecule has 0 unspecified atom stereocenters. The number of methoxy groups -OCH3 is 1. The maximum atomic E-state index is 11.1. The van der Waals surface area contributed by atoms with Crippen molar-refractivity contribution in [3.8, 4) is 22.6 Å². The third-order valence-corrected chi connectivity index (χ3v) is 2.98. The van der Waals surface area contributed by atoms with E-state index in [2.05, 4.69) is 0 Å². The summed E-state index contributed by atoms with van der Waals surface area (Å²) in [5.74, 6) is -0.965. The maximum Gasteiger partial charge on any atom is 0.335 e. The number of carboxylic acids is 1. The fourth-order valence-electron chi connectivity index (χ4n) is 1.97. The number of phenols is 1. The molecule has 0 saturated heterocycles. The van der Waals surface area contributed by atoms with Crippen LogP contribution in [0.4, 0.5) is 0 Å². The first-order chi connectivity index (χ1) is 9.04. The number of benzene rings is 2. The van der Waals surface area contributed by atoms with Gasteiger partial charge >= 0.3 is 5.97 Å². The molecular weight excluding hydrogens is 244 g/mol. The lowest BCUT2D eigenvalue weighted by Gasteiger charge is -2.12. The van der Waals surface area contributed by atoms with E-state index in [4.69, 9.17) is 9.84 Å². The molecular formula is C15H14O4. The molecule has 19 heavy (non-hydrogen) atoms. The largest absolute Gasteiger partial charge is 0.504 e. The number of phenolic OH excluding ortho intramolecular Hbond substituents is 1. The second kappa shape index (κ2) is 5.02. The molecule has 0 spiro atoms. The van der Waals surface area contributed by atoms with E-state index >= 15 is 0 Å². The highest BCUT2D eigenvalue weighted by Crippen LogP contribution is 2.39. The van der Waals surface area contributed by atoms with Crippen molar-refractivity contribution < 1.29 is 19.7 Å². The molecule has 0 amide bonds. The predicted molar refractivity (Wildman–Crippen MR) is 71.8 cm³/mol. The summed E-state index contributed by atoms with van der Waals surface area (Å²) in [5, 5.41) is 19.3. The van der Waals surface area contributed by atoms with Crippen molar-refractivity contribution in [1.29, 1.82) is 0 Å². The Morgan fingerprint density at radius 2 is 1.84 bits per heavy atom. The van der Waals surface area contributed by atoms with Gasteiger partial charge in [0.25, 0.3) is 0 Å². The lowest BCUT2D eigenvalue weighted by Crippen LogP contribution is -1.99. The first-order valence-electron chi connectivity index (χ1n) is 5.75. The van der Waals surface area contributed by atoms with E-state index in [1.165, 1.54) is 19.2 Å². The molecule has 0 radical (unpaired) electrons. The van der Waals surface area contributed by atoms with Crippen LogP contribution >= 0.6 is 0 Å². The van der Waals surface area contributed by atoms with Gasteiger partial charge in [0.05, 0.1) is 12.7 Å². The predicted octanol–water partition coefficient (Wildman–Crippen LogP) is 3.07. The van der Waals surface area contributed by atoms with E-state index in [0.29, 0.717) is 5.56 Å². The number of carbonyl (C=O) groups is 1. The first kappa shape index (κ1) is 13.0. The Balaban J connectivity index is 2.72. The highest BCUT2D eigenvalue weighted by Gasteiger charge is 2.16. The molecule has 0 saturated carbocycles. The summed E-state index contributed by atoms with van der Waals surface area (Å²) in [6.45, 7) is 1.90. The molecule has 0 aliphatic heterocycles. The summed E-state index contributed by atoms with van der Waals surface area (Å²) < 4.78 is 5.02. The highest BCUT2D eigenvalue weighted by atomic mass is 16.5. The molecule has 98 valence electrons. The van der Waals surface area contributed by atoms with Crippen LogP contribution < -0.4 is 4.74 Å². The summed E-state index contributed by atoms with van der Waals surface area (Å²) in [6, 6.07) is 10.2. The second-order valence-electron chi connectivity index (χ2n) is 4.19. The monoisotopic (exact) mass is 258 g/mol. The van der Waals surface area contributed by atoms with Crippen molar-refractivity contribution in [1.82, 2.24) is 0 Å². The summed E-state index contributed by atoms with van der Waals surface area (Å²) in [4.78, 5) is 11.1. The van der Waals surface area contributed by atoms with Crippen LogP contribution in [0.25, 0.3) is 11.1 Å². The zero-order valence-electron chi connectivity index (χ0n) is 10.7. The molecule has 0 fully saturated rings. The highest BCUT2D eigenvalue weighted by molar-refractivity contribution is 5.92. The molecule has 2 rings (SSSR count). The van der Waals surface area contributed by atoms with Gasteiger partial charge in [-0.15, -0.1) is 0 Å². The van der Waals surface area contributed by atoms with Gasteiger partial charge in [-0.3, -0.25) is 0 Å². The lowest BCUT2D eigenvalue weighted by molar-refractivity contribution is 0.0696. The number of hydrogen-bond donors (Lipinski definition) is 2. The average Bonchev–Trinajstić information content (AvgIpc) is 2.39. The number of hydrogen-bond acceptors (Lipinski definition) is 3. The van der Waals surface area contributed by atoms with Crippen LogP contribution in [0.5, 0.6) is 11.5 Å². The first-order valence-corrected chi connectivity index (χ1v) is 5.75. The molecule has 0 heterocycles. The Hall–Kier alpha value is -2.49. The third kappa shape index (κ3) is 2.38. The quantitative estimate of drug-likeness (QED) is 0.887. The van der Waals surface area contributed by atoms with Gasteiger partial charge < -0.3 is 14.9 Å². The Labute approximate surface area is 110 Å². The Morgan fingerprint density at radius 1 is 1.16 bits per heavy atom. The summed E-state index contributed by atoms with van der Waals surface area (Å²) in [6.07, 6.45) is 0. The lowest BCUT2D eigenvalue weighted by atomic mass is 9.97. The van der Waals surface area contributed by atoms with E-state index in [1.54, 1.807) is 0 Å². The number of aromatic hydroxyl groups is 1. The normalized spacial score (nSPS) is 10.2. The molecule has 0 aromatic heterocycles. The number of rotatable bonds is 3. The number of aromatic carboxylic acids is 1. The van der Waals surface area contributed by atoms with Gasteiger partial charge in [-0.1, -0.05) is 24.3 Å². The zero-order valence-corrected chi connectivity index (χ0v) is 10.7. The Bertz CT molecular complexity index is 632. The molecule has 2 aromatic carbocycles. The molecule has 0 aliphatic rings. The van der Waals surface area contributed by atoms with Gasteiger partial charge in [0.15, 0.2) is 11.5 Å². The molecule has 2 aromatic rings. The van der Waals surface area contributed by atoms with Crippen LogP contribution in [0.15, 0.2) is 36.4 Å². The Kier molecular flexibility index (Phi) is 3.42. The average molecular weight is 258 g/mol. The van der Waals surface area contributed by atoms with E-state index in [-0.39, 0.29) is 17.1 Å². The van der Waals surface area contributed by atoms with Crippen LogP contribution in [0.2, 0.25) is 0 Å². The fraction of sp³-hybridized carbons (Fsp3) is 0.133. The van der Waals surface area contributed by atoms with Gasteiger partial charge in [-0.05, 0) is 30.2 Å². The fourth-order valence-corrected chi connectivity index (χ4v) is 1.97. The number of ether oxygens (including phenoxy) is 1. The maximum absolute atomic E-state index is 11.1. The van der Waals surface area contributed by atoms with Crippen LogP contribution in [-0.4, -0.2) is 23.3 Å². The van der Waals surface area contributed by atoms with E-state index in [0.717, 1.165) is 11.1 Å². The van der Waals surface area contributed by atoms with Gasteiger partial charge in [0.2, 0.25) is 0 Å². The minimum atomic E-state index is -1.06. The minimum Gasteiger partial charge on any atom is -0.504 e. The summed E-state index contributed by atoms with van der Waals surface area (Å²) >= 11 is 0. The van der Waals surface area contributed by atoms with E-state index in [9.17, 15) is 9.90 Å². The summed E-state index contributed by atoms with van der Waals surface area (Å²) in [7, 11) is 1.39. The van der Waals surface area contributed by atoms with Crippen molar-refractivity contribution in [3.05, 3.63) is 47.5 Å². The van der Waals surface area contributed by atoms with Crippen LogP contribution in [0, 0.1) is 6.92 Å². The van der Waals surface area contributed by atoms with Crippen LogP contribution in [-0.2, 0) is 0 Å². The zero-order chi connectivity index (χ0) is 14.0. The smallest absolute Gasteiger partial charge is 0.335 e. The SMILES string of the molecule is COc1cc(C(=O)O)cc(-c2ccccc2C)c1O. The van der Waals surface area contributed by atoms with Crippen molar-refractivity contribution in [2.45, 2.75) is 6.92 Å². The van der Waals surface area contributed by atoms with Gasteiger partial charge in [-0.25, -0.2) is 4.79 Å². The van der Waals surface area contributed by atoms with E-state index < -0.39 is 5.97 Å². The Morgan fingerprint density at radius 3 is 2.42 bits per heavy atom. The molecule has 0 bridgehead atoms. The van der Waals surface area contributed by atoms with Gasteiger partial charge in [0.1, 0.15) is 0 Å². The molecule has 2 N–H and O–H groups in total. The molecule has 4 nitrogen and oxygen atoms in total. The van der Waals surface area contributed by atoms with Crippen molar-refractivity contribution >= 4 is 5.97 Å². The molecule has 0 aliphatic carbocycles. The van der Waals surface area contributed by atoms with Crippen molar-refractivity contribution in [2.24, 2.45) is 0 Å². The van der Waals surface area contributed by atoms with Crippen LogP contribution in [0.3, 0.4) is 0 Å². The number of aryl methyl sites for hydroxylation is 1. The van der Waals surface area contributed by atoms with Crippen LogP contribution in [0.1, 0.15) is 15.9 Å². The van der Waals surface area contributed by atoms with Crippen molar-refractivity contribution in [3.63, 3.8) is 0 Å². The topological polar surface area (TPSA) is 66.8 Å². The van der Waals surface area contributed by atoms with E-state index in [1.807, 2.05) is 31.2 Å². The van der Waals surface area contributed by atoms with Gasteiger partial charge in [0, 0.05) is 5.56 Å². The van der Waals surface area contributed by atoms with Crippen molar-refractivity contribution in [2.75, 3.05) is 7.11 Å². The summed E-state index contributed by atoms with van der Waals surface area (Å²) in [5.41, 5.74) is 2.26. The number of carboxylic acid groups (broad SMARTS) is 1. The minimum absolute atomic E-state index is 0.0539. The molecule has 0 atom stereocenters. The second-order valence-corrected chi connectivity index (χ2v) is 4.19. The molecule has 4 heteroatoms.